The molecule has 0 amide bonds. The van der Waals surface area contributed by atoms with Crippen LogP contribution in [0.5, 0.6) is 0 Å². The van der Waals surface area contributed by atoms with Crippen LogP contribution in [0.25, 0.3) is 19.5 Å². The first-order chi connectivity index (χ1) is 10.7. The Bertz CT molecular complexity index is 1020. The highest BCUT2D eigenvalue weighted by atomic mass is 32.1. The third-order valence-electron chi connectivity index (χ3n) is 3.57. The number of nitrogens with zero attached hydrogens (tertiary/aromatic N) is 2. The number of fused-ring (bicyclic) bond motifs is 3. The van der Waals surface area contributed by atoms with Crippen LogP contribution in [0.3, 0.4) is 0 Å². The predicted molar refractivity (Wildman–Crippen MR) is 95.8 cm³/mol. The van der Waals surface area contributed by atoms with Gasteiger partial charge in [0, 0.05) is 22.8 Å². The molecule has 0 unspecified atom stereocenters. The van der Waals surface area contributed by atoms with E-state index in [0.29, 0.717) is 5.13 Å². The first-order valence-corrected chi connectivity index (χ1v) is 8.48. The second kappa shape index (κ2) is 5.19. The summed E-state index contributed by atoms with van der Waals surface area (Å²) in [6.45, 7) is 0. The molecule has 0 spiro atoms. The Morgan fingerprint density at radius 3 is 2.45 bits per heavy atom. The smallest absolute Gasteiger partial charge is 0.291 e. The second-order valence-electron chi connectivity index (χ2n) is 4.95. The highest BCUT2D eigenvalue weighted by molar-refractivity contribution is 7.32. The van der Waals surface area contributed by atoms with E-state index in [9.17, 15) is 4.79 Å². The molecular weight excluding hydrogens is 312 g/mol. The van der Waals surface area contributed by atoms with Crippen LogP contribution in [0.2, 0.25) is 0 Å². The summed E-state index contributed by atoms with van der Waals surface area (Å²) < 4.78 is 2.90. The number of hydrogen-bond donors (Lipinski definition) is 0. The lowest BCUT2D eigenvalue weighted by Crippen LogP contribution is -2.14. The van der Waals surface area contributed by atoms with E-state index >= 15 is 0 Å². The number of aromatic nitrogens is 1. The molecule has 2 aromatic carbocycles. The Labute approximate surface area is 135 Å². The molecule has 0 fully saturated rings. The van der Waals surface area contributed by atoms with Crippen LogP contribution in [-0.4, -0.2) is 12.0 Å². The second-order valence-corrected chi connectivity index (χ2v) is 6.98. The normalized spacial score (nSPS) is 11.1. The molecule has 108 valence electrons. The molecule has 0 N–H and O–H groups in total. The van der Waals surface area contributed by atoms with Gasteiger partial charge in [0.1, 0.15) is 4.70 Å². The van der Waals surface area contributed by atoms with Crippen molar-refractivity contribution in [3.63, 3.8) is 0 Å². The molecule has 2 heterocycles. The number of benzene rings is 2. The summed E-state index contributed by atoms with van der Waals surface area (Å²) in [7, 11) is 1.94. The van der Waals surface area contributed by atoms with Crippen molar-refractivity contribution in [1.82, 2.24) is 4.98 Å². The topological polar surface area (TPSA) is 33.2 Å². The quantitative estimate of drug-likeness (QED) is 0.538. The maximum absolute atomic E-state index is 12.4. The number of para-hydroxylation sites is 1. The highest BCUT2D eigenvalue weighted by Gasteiger charge is 2.14. The molecule has 4 rings (SSSR count). The molecule has 0 saturated heterocycles. The SMILES string of the molecule is CN(c1ccccc1)c1nc(=O)c2sc3ccccc3c2s1. The molecule has 22 heavy (non-hydrogen) atoms. The van der Waals surface area contributed by atoms with Gasteiger partial charge < -0.3 is 4.90 Å². The number of hydrogen-bond acceptors (Lipinski definition) is 5. The lowest BCUT2D eigenvalue weighted by molar-refractivity contribution is 1.15. The molecule has 0 aliphatic carbocycles. The van der Waals surface area contributed by atoms with E-state index in [4.69, 9.17) is 0 Å². The van der Waals surface area contributed by atoms with Crippen LogP contribution in [0.15, 0.2) is 59.4 Å². The highest BCUT2D eigenvalue weighted by Crippen LogP contribution is 2.37. The van der Waals surface area contributed by atoms with Crippen molar-refractivity contribution >= 4 is 53.0 Å². The Kier molecular flexibility index (Phi) is 3.17. The van der Waals surface area contributed by atoms with E-state index in [2.05, 4.69) is 11.1 Å². The van der Waals surface area contributed by atoms with Crippen molar-refractivity contribution in [2.75, 3.05) is 11.9 Å². The van der Waals surface area contributed by atoms with E-state index in [1.165, 1.54) is 11.3 Å². The largest absolute Gasteiger partial charge is 0.321 e. The fourth-order valence-electron chi connectivity index (χ4n) is 2.42. The molecule has 0 radical (unpaired) electrons. The van der Waals surface area contributed by atoms with Gasteiger partial charge in [-0.3, -0.25) is 4.79 Å². The minimum Gasteiger partial charge on any atom is -0.321 e. The van der Waals surface area contributed by atoms with Crippen molar-refractivity contribution in [2.45, 2.75) is 0 Å². The van der Waals surface area contributed by atoms with Crippen LogP contribution >= 0.6 is 22.7 Å². The van der Waals surface area contributed by atoms with Crippen molar-refractivity contribution in [3.05, 3.63) is 65.0 Å². The minimum absolute atomic E-state index is 0.146. The van der Waals surface area contributed by atoms with Gasteiger partial charge in [0.05, 0.1) is 4.70 Å². The van der Waals surface area contributed by atoms with E-state index in [1.54, 1.807) is 11.3 Å². The van der Waals surface area contributed by atoms with Gasteiger partial charge >= 0.3 is 0 Å². The lowest BCUT2D eigenvalue weighted by atomic mass is 10.2. The molecule has 0 saturated carbocycles. The van der Waals surface area contributed by atoms with Gasteiger partial charge in [-0.05, 0) is 18.2 Å². The maximum atomic E-state index is 12.4. The van der Waals surface area contributed by atoms with Crippen molar-refractivity contribution in [2.24, 2.45) is 0 Å². The van der Waals surface area contributed by atoms with E-state index in [0.717, 1.165) is 25.2 Å². The van der Waals surface area contributed by atoms with Crippen LogP contribution in [0, 0.1) is 0 Å². The summed E-state index contributed by atoms with van der Waals surface area (Å²) in [6.07, 6.45) is 0. The average Bonchev–Trinajstić information content (AvgIpc) is 2.94. The monoisotopic (exact) mass is 324 g/mol. The molecule has 4 aromatic rings. The van der Waals surface area contributed by atoms with Gasteiger partial charge in [0.15, 0.2) is 5.13 Å². The lowest BCUT2D eigenvalue weighted by Gasteiger charge is -2.16. The zero-order valence-electron chi connectivity index (χ0n) is 11.8. The molecule has 0 aliphatic heterocycles. The Morgan fingerprint density at radius 2 is 1.64 bits per heavy atom. The van der Waals surface area contributed by atoms with Crippen molar-refractivity contribution in [1.29, 1.82) is 0 Å². The summed E-state index contributed by atoms with van der Waals surface area (Å²) in [5.41, 5.74) is 0.872. The molecule has 0 bridgehead atoms. The zero-order chi connectivity index (χ0) is 15.1. The van der Waals surface area contributed by atoms with E-state index in [1.807, 2.05) is 60.5 Å². The Balaban J connectivity index is 1.96. The summed E-state index contributed by atoms with van der Waals surface area (Å²) >= 11 is 3.09. The number of rotatable bonds is 2. The average molecular weight is 324 g/mol. The first kappa shape index (κ1) is 13.4. The fourth-order valence-corrected chi connectivity index (χ4v) is 4.74. The summed E-state index contributed by atoms with van der Waals surface area (Å²) in [6, 6.07) is 18.1. The van der Waals surface area contributed by atoms with Crippen molar-refractivity contribution < 1.29 is 0 Å². The standard InChI is InChI=1S/C17H12N2OS2/c1-19(11-7-3-2-4-8-11)17-18-16(20)15-14(22-17)12-9-5-6-10-13(12)21-15/h2-10H,1H3. The van der Waals surface area contributed by atoms with Gasteiger partial charge in [-0.15, -0.1) is 11.3 Å². The third kappa shape index (κ3) is 2.10. The van der Waals surface area contributed by atoms with E-state index in [-0.39, 0.29) is 5.56 Å². The van der Waals surface area contributed by atoms with Gasteiger partial charge in [-0.25, -0.2) is 0 Å². The van der Waals surface area contributed by atoms with Gasteiger partial charge in [0.25, 0.3) is 5.56 Å². The summed E-state index contributed by atoms with van der Waals surface area (Å²) in [5.74, 6) is 0. The molecule has 0 atom stereocenters. The Hall–Kier alpha value is -2.24. The zero-order valence-corrected chi connectivity index (χ0v) is 13.4. The van der Waals surface area contributed by atoms with Crippen LogP contribution in [0.1, 0.15) is 0 Å². The maximum Gasteiger partial charge on any atom is 0.291 e. The van der Waals surface area contributed by atoms with Crippen molar-refractivity contribution in [3.8, 4) is 0 Å². The van der Waals surface area contributed by atoms with E-state index < -0.39 is 0 Å². The first-order valence-electron chi connectivity index (χ1n) is 6.85. The summed E-state index contributed by atoms with van der Waals surface area (Å²) in [5, 5.41) is 1.85. The van der Waals surface area contributed by atoms with Gasteiger partial charge in [-0.1, -0.05) is 47.7 Å². The third-order valence-corrected chi connectivity index (χ3v) is 6.03. The molecular formula is C17H12N2OS2. The summed E-state index contributed by atoms with van der Waals surface area (Å²) in [4.78, 5) is 18.6. The van der Waals surface area contributed by atoms with Gasteiger partial charge in [-0.2, -0.15) is 4.98 Å². The molecule has 5 heteroatoms. The van der Waals surface area contributed by atoms with Crippen LogP contribution in [-0.2, 0) is 0 Å². The number of thiophene rings is 1. The molecule has 3 nitrogen and oxygen atoms in total. The fraction of sp³-hybridized carbons (Fsp3) is 0.0588. The number of anilines is 2. The van der Waals surface area contributed by atoms with Crippen LogP contribution < -0.4 is 10.5 Å². The van der Waals surface area contributed by atoms with Crippen LogP contribution in [0.4, 0.5) is 10.8 Å². The predicted octanol–water partition coefficient (Wildman–Crippen LogP) is 4.64. The van der Waals surface area contributed by atoms with Gasteiger partial charge in [0.2, 0.25) is 0 Å². The molecule has 2 aromatic heterocycles. The Morgan fingerprint density at radius 1 is 0.909 bits per heavy atom. The molecule has 0 aliphatic rings. The minimum atomic E-state index is -0.146.